The third-order valence-corrected chi connectivity index (χ3v) is 5.24. The topological polar surface area (TPSA) is 132 Å². The van der Waals surface area contributed by atoms with Crippen LogP contribution in [0.15, 0.2) is 24.3 Å². The van der Waals surface area contributed by atoms with Crippen LogP contribution in [0.1, 0.15) is 21.8 Å². The summed E-state index contributed by atoms with van der Waals surface area (Å²) in [6.45, 7) is 0. The second-order valence-electron chi connectivity index (χ2n) is 5.95. The molecule has 3 atom stereocenters. The summed E-state index contributed by atoms with van der Waals surface area (Å²) in [6.07, 6.45) is 0. The lowest BCUT2D eigenvalue weighted by atomic mass is 9.93. The molecule has 1 aromatic rings. The van der Waals surface area contributed by atoms with Crippen molar-refractivity contribution in [1.82, 2.24) is 0 Å². The quantitative estimate of drug-likeness (QED) is 0.529. The molecule has 1 aliphatic heterocycles. The Morgan fingerprint density at radius 1 is 1.16 bits per heavy atom. The number of nitrogens with one attached hydrogen (secondary N) is 1. The Hall–Kier alpha value is -2.94. The number of amidine groups is 1. The number of nitrogens with two attached hydrogens (primary N) is 1. The van der Waals surface area contributed by atoms with Crippen molar-refractivity contribution in [2.24, 2.45) is 16.6 Å². The second-order valence-corrected chi connectivity index (χ2v) is 5.95. The number of rotatable bonds is 4. The first-order valence-electron chi connectivity index (χ1n) is 7.46. The summed E-state index contributed by atoms with van der Waals surface area (Å²) < 4.78 is 15.6. The van der Waals surface area contributed by atoms with E-state index in [9.17, 15) is 15.3 Å². The van der Waals surface area contributed by atoms with Gasteiger partial charge in [-0.05, 0) is 17.7 Å². The molecule has 2 aliphatic rings. The minimum atomic E-state index is -1.53. The average molecular weight is 341 g/mol. The summed E-state index contributed by atoms with van der Waals surface area (Å²) in [5.41, 5.74) is 4.48. The summed E-state index contributed by atoms with van der Waals surface area (Å²) in [5, 5.41) is 19.8. The maximum atomic E-state index is 11.6. The van der Waals surface area contributed by atoms with Gasteiger partial charge in [-0.3, -0.25) is 5.73 Å². The predicted molar refractivity (Wildman–Crippen MR) is 83.5 cm³/mol. The lowest BCUT2D eigenvalue weighted by molar-refractivity contribution is -0.687. The Kier molecular flexibility index (Phi) is 3.57. The zero-order valence-electron chi connectivity index (χ0n) is 14.0. The van der Waals surface area contributed by atoms with E-state index in [0.29, 0.717) is 11.1 Å². The van der Waals surface area contributed by atoms with Gasteiger partial charge >= 0.3 is 11.9 Å². The van der Waals surface area contributed by atoms with Crippen molar-refractivity contribution in [2.45, 2.75) is 11.8 Å². The Morgan fingerprint density at radius 3 is 2.20 bits per heavy atom. The summed E-state index contributed by atoms with van der Waals surface area (Å²) in [5.74, 6) is -2.44. The molecule has 8 nitrogen and oxygen atoms in total. The smallest absolute Gasteiger partial charge is 0.342 e. The fourth-order valence-corrected chi connectivity index (χ4v) is 4.04. The Labute approximate surface area is 144 Å². The number of ether oxygens (including phenoxy) is 3. The predicted octanol–water partition coefficient (Wildman–Crippen LogP) is -1.01. The van der Waals surface area contributed by atoms with Crippen LogP contribution in [-0.2, 0) is 14.2 Å². The van der Waals surface area contributed by atoms with Gasteiger partial charge in [0.05, 0.1) is 24.8 Å². The molecule has 0 unspecified atom stereocenters. The first kappa shape index (κ1) is 16.9. The van der Waals surface area contributed by atoms with Crippen LogP contribution in [0, 0.1) is 33.5 Å². The number of esters is 1. The van der Waals surface area contributed by atoms with Crippen LogP contribution in [0.5, 0.6) is 0 Å². The fraction of sp³-hybridized carbons (Fsp3) is 0.412. The largest absolute Gasteiger partial charge is 0.465 e. The number of hydrogen-bond acceptors (Lipinski definition) is 7. The molecule has 1 saturated carbocycles. The van der Waals surface area contributed by atoms with Crippen molar-refractivity contribution < 1.29 is 24.0 Å². The standard InChI is InChI=1S/C17H16N4O4/c1-23-13(22)11-6-4-10(5-7-11)12-15(8-18)14(20)21-17(24-2,25-3)16(12,15)9-19/h4-7,12H,1-3H3,(H2,20,21)/p+1/t12-,15-,16-/m1/s1. The van der Waals surface area contributed by atoms with Gasteiger partial charge in [0, 0.05) is 20.1 Å². The van der Waals surface area contributed by atoms with Crippen molar-refractivity contribution in [3.63, 3.8) is 0 Å². The summed E-state index contributed by atoms with van der Waals surface area (Å²) in [7, 11) is 4.06. The summed E-state index contributed by atoms with van der Waals surface area (Å²) in [6, 6.07) is 10.9. The maximum absolute atomic E-state index is 11.6. The van der Waals surface area contributed by atoms with Gasteiger partial charge in [0.25, 0.3) is 5.84 Å². The molecule has 1 aromatic carbocycles. The van der Waals surface area contributed by atoms with Crippen molar-refractivity contribution >= 4 is 11.8 Å². The maximum Gasteiger partial charge on any atom is 0.342 e. The SMILES string of the molecule is COC(=O)c1ccc([C@@H]2[C@]3(C#N)C(N)=[NH+]C(OC)(OC)[C@]23C#N)cc1. The minimum absolute atomic E-state index is 0.127. The van der Waals surface area contributed by atoms with Gasteiger partial charge in [0.1, 0.15) is 0 Å². The van der Waals surface area contributed by atoms with Gasteiger partial charge in [-0.15, -0.1) is 0 Å². The zero-order chi connectivity index (χ0) is 18.5. The van der Waals surface area contributed by atoms with E-state index < -0.39 is 28.6 Å². The molecule has 8 heteroatoms. The van der Waals surface area contributed by atoms with E-state index in [0.717, 1.165) is 0 Å². The molecular formula is C17H17N4O4+. The fourth-order valence-electron chi connectivity index (χ4n) is 4.04. The number of methoxy groups -OCH3 is 3. The highest BCUT2D eigenvalue weighted by molar-refractivity contribution is 5.95. The van der Waals surface area contributed by atoms with Gasteiger partial charge in [-0.1, -0.05) is 12.1 Å². The van der Waals surface area contributed by atoms with E-state index in [-0.39, 0.29) is 5.84 Å². The van der Waals surface area contributed by atoms with Gasteiger partial charge in [-0.2, -0.15) is 10.5 Å². The Morgan fingerprint density at radius 2 is 1.76 bits per heavy atom. The number of nitriles is 2. The highest BCUT2D eigenvalue weighted by atomic mass is 16.7. The molecule has 1 fully saturated rings. The first-order valence-corrected chi connectivity index (χ1v) is 7.46. The van der Waals surface area contributed by atoms with Crippen molar-refractivity contribution in [2.75, 3.05) is 21.3 Å². The van der Waals surface area contributed by atoms with Gasteiger partial charge in [0.15, 0.2) is 10.8 Å². The highest BCUT2D eigenvalue weighted by Crippen LogP contribution is 2.78. The lowest BCUT2D eigenvalue weighted by Gasteiger charge is -2.26. The first-order chi connectivity index (χ1) is 11.9. The van der Waals surface area contributed by atoms with Gasteiger partial charge in [0.2, 0.25) is 0 Å². The zero-order valence-corrected chi connectivity index (χ0v) is 14.0. The van der Waals surface area contributed by atoms with E-state index in [1.807, 2.05) is 0 Å². The molecule has 0 saturated heterocycles. The van der Waals surface area contributed by atoms with E-state index in [2.05, 4.69) is 21.9 Å². The summed E-state index contributed by atoms with van der Waals surface area (Å²) >= 11 is 0. The van der Waals surface area contributed by atoms with E-state index >= 15 is 0 Å². The van der Waals surface area contributed by atoms with Crippen LogP contribution >= 0.6 is 0 Å². The lowest BCUT2D eigenvalue weighted by Crippen LogP contribution is -2.90. The second kappa shape index (κ2) is 5.28. The van der Waals surface area contributed by atoms with Crippen LogP contribution in [0.2, 0.25) is 0 Å². The number of carbonyl (C=O) groups excluding carboxylic acids is 1. The van der Waals surface area contributed by atoms with Crippen LogP contribution in [-0.4, -0.2) is 39.0 Å². The van der Waals surface area contributed by atoms with E-state index in [1.54, 1.807) is 24.3 Å². The van der Waals surface area contributed by atoms with Crippen molar-refractivity contribution in [3.05, 3.63) is 35.4 Å². The highest BCUT2D eigenvalue weighted by Gasteiger charge is 2.96. The number of hydrogen-bond donors (Lipinski definition) is 2. The normalized spacial score (nSPS) is 31.2. The number of fused-ring (bicyclic) bond motifs is 1. The van der Waals surface area contributed by atoms with Crippen molar-refractivity contribution in [3.8, 4) is 12.1 Å². The molecule has 1 heterocycles. The van der Waals surface area contributed by atoms with Gasteiger partial charge < -0.3 is 14.2 Å². The van der Waals surface area contributed by atoms with Crippen LogP contribution in [0.4, 0.5) is 0 Å². The Bertz CT molecular complexity index is 847. The van der Waals surface area contributed by atoms with E-state index in [4.69, 9.17) is 15.2 Å². The van der Waals surface area contributed by atoms with Gasteiger partial charge in [-0.25, -0.2) is 9.79 Å². The molecule has 3 rings (SSSR count). The summed E-state index contributed by atoms with van der Waals surface area (Å²) in [4.78, 5) is 14.4. The molecule has 1 aliphatic carbocycles. The average Bonchev–Trinajstić information content (AvgIpc) is 3.23. The Balaban J connectivity index is 2.13. The molecule has 3 N–H and O–H groups in total. The third kappa shape index (κ3) is 1.65. The number of nitrogens with zero attached hydrogens (tertiary/aromatic N) is 2. The molecule has 0 aromatic heterocycles. The third-order valence-electron chi connectivity index (χ3n) is 5.24. The van der Waals surface area contributed by atoms with Crippen LogP contribution < -0.4 is 10.7 Å². The van der Waals surface area contributed by atoms with Crippen LogP contribution in [0.3, 0.4) is 0 Å². The molecular weight excluding hydrogens is 324 g/mol. The molecule has 25 heavy (non-hydrogen) atoms. The molecule has 128 valence electrons. The monoisotopic (exact) mass is 341 g/mol. The molecule has 0 radical (unpaired) electrons. The molecule has 0 spiro atoms. The molecule has 0 amide bonds. The van der Waals surface area contributed by atoms with Crippen LogP contribution in [0.25, 0.3) is 0 Å². The van der Waals surface area contributed by atoms with Crippen molar-refractivity contribution in [1.29, 1.82) is 10.5 Å². The van der Waals surface area contributed by atoms with E-state index in [1.165, 1.54) is 21.3 Å². The molecule has 0 bridgehead atoms. The number of carbonyl (C=O) groups is 1. The number of benzene rings is 1. The minimum Gasteiger partial charge on any atom is -0.465 e.